The highest BCUT2D eigenvalue weighted by Crippen LogP contribution is 2.31. The average Bonchev–Trinajstić information content (AvgIpc) is 3.00. The maximum absolute atomic E-state index is 11.6. The van der Waals surface area contributed by atoms with Crippen LogP contribution in [0.2, 0.25) is 0 Å². The first-order valence-corrected chi connectivity index (χ1v) is 6.86. The van der Waals surface area contributed by atoms with Crippen LogP contribution in [0.4, 0.5) is 0 Å². The summed E-state index contributed by atoms with van der Waals surface area (Å²) in [7, 11) is 2.67. The number of phenols is 1. The van der Waals surface area contributed by atoms with E-state index in [4.69, 9.17) is 9.15 Å². The number of phenolic OH excluding ortho intramolecular Hbond substituents is 1. The van der Waals surface area contributed by atoms with E-state index < -0.39 is 11.9 Å². The number of aromatic nitrogens is 1. The lowest BCUT2D eigenvalue weighted by atomic mass is 10.00. The molecule has 0 radical (unpaired) electrons. The number of aromatic hydroxyl groups is 1. The van der Waals surface area contributed by atoms with Crippen LogP contribution in [0.25, 0.3) is 11.5 Å². The number of esters is 1. The van der Waals surface area contributed by atoms with Crippen molar-refractivity contribution in [1.29, 1.82) is 0 Å². The van der Waals surface area contributed by atoms with E-state index >= 15 is 0 Å². The maximum atomic E-state index is 11.6. The summed E-state index contributed by atoms with van der Waals surface area (Å²) in [4.78, 5) is 27.4. The van der Waals surface area contributed by atoms with Gasteiger partial charge in [0.15, 0.2) is 11.5 Å². The molecule has 2 rings (SSSR count). The van der Waals surface area contributed by atoms with Crippen molar-refractivity contribution < 1.29 is 28.6 Å². The molecule has 122 valence electrons. The third kappa shape index (κ3) is 3.68. The van der Waals surface area contributed by atoms with Crippen molar-refractivity contribution in [2.75, 3.05) is 14.2 Å². The van der Waals surface area contributed by atoms with E-state index in [1.54, 1.807) is 12.1 Å². The minimum atomic E-state index is -0.910. The first-order valence-electron chi connectivity index (χ1n) is 6.86. The molecule has 0 aliphatic heterocycles. The van der Waals surface area contributed by atoms with Crippen LogP contribution in [0.15, 0.2) is 28.9 Å². The largest absolute Gasteiger partial charge is 0.504 e. The smallest absolute Gasteiger partial charge is 0.316 e. The molecule has 0 fully saturated rings. The topological polar surface area (TPSA) is 98.9 Å². The van der Waals surface area contributed by atoms with Crippen LogP contribution in [-0.2, 0) is 20.7 Å². The molecule has 1 heterocycles. The van der Waals surface area contributed by atoms with E-state index in [0.717, 1.165) is 0 Å². The summed E-state index contributed by atoms with van der Waals surface area (Å²) in [5.41, 5.74) is 1.06. The molecule has 1 aromatic carbocycles. The molecule has 0 saturated heterocycles. The Kier molecular flexibility index (Phi) is 5.00. The number of carbonyl (C=O) groups is 2. The first-order chi connectivity index (χ1) is 11.0. The molecule has 0 saturated carbocycles. The Hall–Kier alpha value is -2.83. The lowest BCUT2D eigenvalue weighted by molar-refractivity contribution is -0.148. The molecule has 7 nitrogen and oxygen atoms in total. The second kappa shape index (κ2) is 6.95. The molecule has 0 aliphatic rings. The average molecular weight is 319 g/mol. The lowest BCUT2D eigenvalue weighted by Crippen LogP contribution is -2.25. The fourth-order valence-electron chi connectivity index (χ4n) is 2.09. The number of rotatable bonds is 6. The van der Waals surface area contributed by atoms with Crippen LogP contribution >= 0.6 is 0 Å². The standard InChI is InChI=1S/C16H17NO6/c1-9(18)12(16(20)22-3)7-11-8-23-15(17-11)10-4-5-13(19)14(6-10)21-2/h4-6,8,12,19H,7H2,1-3H3. The van der Waals surface area contributed by atoms with Crippen LogP contribution in [-0.4, -0.2) is 36.1 Å². The van der Waals surface area contributed by atoms with Gasteiger partial charge < -0.3 is 19.0 Å². The Balaban J connectivity index is 2.23. The van der Waals surface area contributed by atoms with E-state index in [2.05, 4.69) is 9.72 Å². The molecule has 1 N–H and O–H groups in total. The van der Waals surface area contributed by atoms with Gasteiger partial charge in [0.05, 0.1) is 19.9 Å². The predicted octanol–water partition coefficient (Wildman–Crippen LogP) is 1.98. The molecule has 1 atom stereocenters. The summed E-state index contributed by atoms with van der Waals surface area (Å²) in [6, 6.07) is 4.66. The molecule has 0 bridgehead atoms. The van der Waals surface area contributed by atoms with Gasteiger partial charge in [0.2, 0.25) is 5.89 Å². The van der Waals surface area contributed by atoms with Gasteiger partial charge in [-0.1, -0.05) is 0 Å². The van der Waals surface area contributed by atoms with Crippen molar-refractivity contribution >= 4 is 11.8 Å². The quantitative estimate of drug-likeness (QED) is 0.642. The van der Waals surface area contributed by atoms with Crippen LogP contribution in [0.3, 0.4) is 0 Å². The zero-order valence-electron chi connectivity index (χ0n) is 13.0. The second-order valence-corrected chi connectivity index (χ2v) is 4.92. The molecule has 23 heavy (non-hydrogen) atoms. The van der Waals surface area contributed by atoms with Crippen molar-refractivity contribution in [1.82, 2.24) is 4.98 Å². The summed E-state index contributed by atoms with van der Waals surface area (Å²) in [6.45, 7) is 1.33. The number of hydrogen-bond acceptors (Lipinski definition) is 7. The third-order valence-electron chi connectivity index (χ3n) is 3.37. The van der Waals surface area contributed by atoms with Crippen molar-refractivity contribution in [3.05, 3.63) is 30.2 Å². The van der Waals surface area contributed by atoms with E-state index in [-0.39, 0.29) is 18.0 Å². The number of ether oxygens (including phenoxy) is 2. The van der Waals surface area contributed by atoms with Gasteiger partial charge >= 0.3 is 5.97 Å². The molecule has 2 aromatic rings. The summed E-state index contributed by atoms with van der Waals surface area (Å²) in [5.74, 6) is -1.22. The van der Waals surface area contributed by atoms with Crippen molar-refractivity contribution in [2.45, 2.75) is 13.3 Å². The van der Waals surface area contributed by atoms with E-state index in [1.807, 2.05) is 0 Å². The van der Waals surface area contributed by atoms with Crippen LogP contribution in [0, 0.1) is 5.92 Å². The second-order valence-electron chi connectivity index (χ2n) is 4.92. The van der Waals surface area contributed by atoms with E-state index in [0.29, 0.717) is 22.9 Å². The predicted molar refractivity (Wildman–Crippen MR) is 80.0 cm³/mol. The van der Waals surface area contributed by atoms with Crippen LogP contribution < -0.4 is 4.74 Å². The van der Waals surface area contributed by atoms with Crippen molar-refractivity contribution in [3.63, 3.8) is 0 Å². The van der Waals surface area contributed by atoms with Gasteiger partial charge in [-0.05, 0) is 25.1 Å². The fraction of sp³-hybridized carbons (Fsp3) is 0.312. The SMILES string of the molecule is COC(=O)C(Cc1coc(-c2ccc(O)c(OC)c2)n1)C(C)=O. The zero-order chi connectivity index (χ0) is 17.0. The van der Waals surface area contributed by atoms with Crippen molar-refractivity contribution in [3.8, 4) is 23.0 Å². The summed E-state index contributed by atoms with van der Waals surface area (Å²) < 4.78 is 15.0. The van der Waals surface area contributed by atoms with Gasteiger partial charge in [-0.15, -0.1) is 0 Å². The molecular formula is C16H17NO6. The highest BCUT2D eigenvalue weighted by atomic mass is 16.5. The molecule has 0 aliphatic carbocycles. The number of oxazole rings is 1. The molecule has 0 spiro atoms. The molecular weight excluding hydrogens is 302 g/mol. The summed E-state index contributed by atoms with van der Waals surface area (Å²) in [6.07, 6.45) is 1.48. The van der Waals surface area contributed by atoms with Crippen molar-refractivity contribution in [2.24, 2.45) is 5.92 Å². The third-order valence-corrected chi connectivity index (χ3v) is 3.37. The number of ketones is 1. The van der Waals surface area contributed by atoms with E-state index in [1.165, 1.54) is 33.5 Å². The normalized spacial score (nSPS) is 11.8. The first kappa shape index (κ1) is 16.5. The van der Waals surface area contributed by atoms with Crippen LogP contribution in [0.1, 0.15) is 12.6 Å². The Labute approximate surface area is 132 Å². The Morgan fingerprint density at radius 1 is 1.35 bits per heavy atom. The number of benzene rings is 1. The number of carbonyl (C=O) groups excluding carboxylic acids is 2. The molecule has 7 heteroatoms. The van der Waals surface area contributed by atoms with Gasteiger partial charge in [0.1, 0.15) is 18.0 Å². The monoisotopic (exact) mass is 319 g/mol. The zero-order valence-corrected chi connectivity index (χ0v) is 13.0. The van der Waals surface area contributed by atoms with Gasteiger partial charge in [-0.3, -0.25) is 9.59 Å². The van der Waals surface area contributed by atoms with Gasteiger partial charge in [0, 0.05) is 12.0 Å². The summed E-state index contributed by atoms with van der Waals surface area (Å²) in [5, 5.41) is 9.59. The Bertz CT molecular complexity index is 721. The molecule has 1 unspecified atom stereocenters. The van der Waals surface area contributed by atoms with Crippen LogP contribution in [0.5, 0.6) is 11.5 Å². The number of nitrogens with zero attached hydrogens (tertiary/aromatic N) is 1. The minimum Gasteiger partial charge on any atom is -0.504 e. The molecule has 0 amide bonds. The summed E-state index contributed by atoms with van der Waals surface area (Å²) >= 11 is 0. The minimum absolute atomic E-state index is 0.00497. The van der Waals surface area contributed by atoms with Gasteiger partial charge in [-0.2, -0.15) is 0 Å². The Morgan fingerprint density at radius 3 is 2.70 bits per heavy atom. The Morgan fingerprint density at radius 2 is 2.09 bits per heavy atom. The number of methoxy groups -OCH3 is 2. The maximum Gasteiger partial charge on any atom is 0.316 e. The van der Waals surface area contributed by atoms with Gasteiger partial charge in [-0.25, -0.2) is 4.98 Å². The number of hydrogen-bond donors (Lipinski definition) is 1. The van der Waals surface area contributed by atoms with E-state index in [9.17, 15) is 14.7 Å². The lowest BCUT2D eigenvalue weighted by Gasteiger charge is -2.08. The van der Waals surface area contributed by atoms with Gasteiger partial charge in [0.25, 0.3) is 0 Å². The molecule has 1 aromatic heterocycles. The highest BCUT2D eigenvalue weighted by Gasteiger charge is 2.26. The fourth-order valence-corrected chi connectivity index (χ4v) is 2.09. The number of Topliss-reactive ketones (excluding diaryl/α,β-unsaturated/α-hetero) is 1. The highest BCUT2D eigenvalue weighted by molar-refractivity contribution is 5.97.